The summed E-state index contributed by atoms with van der Waals surface area (Å²) in [5, 5.41) is 8.82. The predicted molar refractivity (Wildman–Crippen MR) is 110 cm³/mol. The highest BCUT2D eigenvalue weighted by Gasteiger charge is 2.25. The number of benzene rings is 1. The maximum Gasteiger partial charge on any atom is 0.276 e. The Morgan fingerprint density at radius 2 is 1.90 bits per heavy atom. The van der Waals surface area contributed by atoms with Crippen molar-refractivity contribution in [2.75, 3.05) is 31.1 Å². The van der Waals surface area contributed by atoms with E-state index < -0.39 is 0 Å². The van der Waals surface area contributed by atoms with Gasteiger partial charge in [0.15, 0.2) is 5.69 Å². The lowest BCUT2D eigenvalue weighted by Crippen LogP contribution is -2.49. The SMILES string of the molecule is Cc1cnc(C)c(N2CCN(C(=O)c3cn(Cc4ccccc4Cl)nn3)CC2)n1. The number of amides is 1. The van der Waals surface area contributed by atoms with E-state index in [2.05, 4.69) is 25.2 Å². The van der Waals surface area contributed by atoms with E-state index in [0.29, 0.717) is 43.4 Å². The van der Waals surface area contributed by atoms with Gasteiger partial charge in [0.05, 0.1) is 24.1 Å². The number of aromatic nitrogens is 5. The molecule has 0 radical (unpaired) electrons. The average Bonchev–Trinajstić information content (AvgIpc) is 3.20. The third-order valence-electron chi connectivity index (χ3n) is 4.97. The van der Waals surface area contributed by atoms with Crippen LogP contribution in [0.3, 0.4) is 0 Å². The third kappa shape index (κ3) is 4.22. The van der Waals surface area contributed by atoms with Gasteiger partial charge in [-0.25, -0.2) is 9.67 Å². The largest absolute Gasteiger partial charge is 0.352 e. The van der Waals surface area contributed by atoms with E-state index >= 15 is 0 Å². The minimum atomic E-state index is -0.109. The molecule has 8 nitrogen and oxygen atoms in total. The van der Waals surface area contributed by atoms with Crippen LogP contribution in [-0.4, -0.2) is 61.9 Å². The van der Waals surface area contributed by atoms with Gasteiger partial charge in [-0.15, -0.1) is 5.10 Å². The van der Waals surface area contributed by atoms with Crippen molar-refractivity contribution in [1.29, 1.82) is 0 Å². The Morgan fingerprint density at radius 3 is 2.66 bits per heavy atom. The monoisotopic (exact) mass is 411 g/mol. The summed E-state index contributed by atoms with van der Waals surface area (Å²) in [6, 6.07) is 7.57. The van der Waals surface area contributed by atoms with Gasteiger partial charge in [0.1, 0.15) is 5.82 Å². The number of carbonyl (C=O) groups is 1. The number of halogens is 1. The molecule has 2 aromatic heterocycles. The van der Waals surface area contributed by atoms with Crippen molar-refractivity contribution in [1.82, 2.24) is 29.9 Å². The summed E-state index contributed by atoms with van der Waals surface area (Å²) in [4.78, 5) is 25.8. The quantitative estimate of drug-likeness (QED) is 0.655. The van der Waals surface area contributed by atoms with Gasteiger partial charge in [-0.05, 0) is 25.5 Å². The van der Waals surface area contributed by atoms with E-state index in [0.717, 1.165) is 22.8 Å². The molecule has 1 aromatic carbocycles. The second kappa shape index (κ2) is 8.16. The van der Waals surface area contributed by atoms with Gasteiger partial charge < -0.3 is 9.80 Å². The predicted octanol–water partition coefficient (Wildman–Crippen LogP) is 2.35. The lowest BCUT2D eigenvalue weighted by Gasteiger charge is -2.35. The van der Waals surface area contributed by atoms with Crippen molar-refractivity contribution in [2.45, 2.75) is 20.4 Å². The summed E-state index contributed by atoms with van der Waals surface area (Å²) >= 11 is 6.20. The molecule has 1 fully saturated rings. The van der Waals surface area contributed by atoms with Crippen LogP contribution >= 0.6 is 11.6 Å². The molecule has 3 aromatic rings. The van der Waals surface area contributed by atoms with Crippen LogP contribution in [0, 0.1) is 13.8 Å². The molecular weight excluding hydrogens is 390 g/mol. The zero-order chi connectivity index (χ0) is 20.4. The normalized spacial score (nSPS) is 14.3. The van der Waals surface area contributed by atoms with E-state index in [9.17, 15) is 4.79 Å². The molecular formula is C20H22ClN7O. The van der Waals surface area contributed by atoms with Gasteiger partial charge in [-0.2, -0.15) is 0 Å². The standard InChI is InChI=1S/C20H22ClN7O/c1-14-11-22-15(2)19(23-14)26-7-9-27(10-8-26)20(29)18-13-28(25-24-18)12-16-5-3-4-6-17(16)21/h3-6,11,13H,7-10,12H2,1-2H3. The van der Waals surface area contributed by atoms with Crippen molar-refractivity contribution in [3.63, 3.8) is 0 Å². The van der Waals surface area contributed by atoms with Gasteiger partial charge in [0.2, 0.25) is 0 Å². The van der Waals surface area contributed by atoms with E-state index in [1.165, 1.54) is 0 Å². The summed E-state index contributed by atoms with van der Waals surface area (Å²) in [7, 11) is 0. The highest BCUT2D eigenvalue weighted by atomic mass is 35.5. The minimum absolute atomic E-state index is 0.109. The average molecular weight is 412 g/mol. The van der Waals surface area contributed by atoms with Crippen molar-refractivity contribution < 1.29 is 4.79 Å². The van der Waals surface area contributed by atoms with Gasteiger partial charge >= 0.3 is 0 Å². The lowest BCUT2D eigenvalue weighted by atomic mass is 10.2. The third-order valence-corrected chi connectivity index (χ3v) is 5.33. The zero-order valence-corrected chi connectivity index (χ0v) is 17.2. The first-order valence-corrected chi connectivity index (χ1v) is 9.87. The molecule has 0 bridgehead atoms. The molecule has 150 valence electrons. The molecule has 1 saturated heterocycles. The molecule has 1 amide bonds. The maximum absolute atomic E-state index is 12.8. The van der Waals surface area contributed by atoms with Crippen LogP contribution in [0.5, 0.6) is 0 Å². The van der Waals surface area contributed by atoms with E-state index in [-0.39, 0.29) is 5.91 Å². The number of carbonyl (C=O) groups excluding carboxylic acids is 1. The fraction of sp³-hybridized carbons (Fsp3) is 0.350. The van der Waals surface area contributed by atoms with Crippen LogP contribution < -0.4 is 4.90 Å². The number of rotatable bonds is 4. The Morgan fingerprint density at radius 1 is 1.14 bits per heavy atom. The highest BCUT2D eigenvalue weighted by Crippen LogP contribution is 2.19. The Bertz CT molecular complexity index is 1030. The van der Waals surface area contributed by atoms with Gasteiger partial charge in [0, 0.05) is 37.4 Å². The smallest absolute Gasteiger partial charge is 0.276 e. The second-order valence-electron chi connectivity index (χ2n) is 7.09. The molecule has 0 N–H and O–H groups in total. The van der Waals surface area contributed by atoms with E-state index in [4.69, 9.17) is 11.6 Å². The van der Waals surface area contributed by atoms with Crippen LogP contribution in [0.25, 0.3) is 0 Å². The Labute approximate surface area is 174 Å². The topological polar surface area (TPSA) is 80.0 Å². The highest BCUT2D eigenvalue weighted by molar-refractivity contribution is 6.31. The molecule has 1 aliphatic heterocycles. The van der Waals surface area contributed by atoms with Crippen molar-refractivity contribution in [2.24, 2.45) is 0 Å². The summed E-state index contributed by atoms with van der Waals surface area (Å²) < 4.78 is 1.64. The Balaban J connectivity index is 1.39. The molecule has 0 saturated carbocycles. The number of piperazine rings is 1. The zero-order valence-electron chi connectivity index (χ0n) is 16.4. The molecule has 0 atom stereocenters. The minimum Gasteiger partial charge on any atom is -0.352 e. The molecule has 9 heteroatoms. The Kier molecular flexibility index (Phi) is 5.44. The molecule has 0 spiro atoms. The van der Waals surface area contributed by atoms with Crippen LogP contribution in [0.4, 0.5) is 5.82 Å². The van der Waals surface area contributed by atoms with Crippen molar-refractivity contribution in [3.8, 4) is 0 Å². The molecule has 3 heterocycles. The van der Waals surface area contributed by atoms with Gasteiger partial charge in [-0.1, -0.05) is 35.0 Å². The summed E-state index contributed by atoms with van der Waals surface area (Å²) in [5.41, 5.74) is 3.07. The lowest BCUT2D eigenvalue weighted by molar-refractivity contribution is 0.0740. The first-order valence-electron chi connectivity index (χ1n) is 9.49. The first-order chi connectivity index (χ1) is 14.0. The number of aryl methyl sites for hydroxylation is 2. The molecule has 0 unspecified atom stereocenters. The van der Waals surface area contributed by atoms with Crippen molar-refractivity contribution >= 4 is 23.3 Å². The fourth-order valence-electron chi connectivity index (χ4n) is 3.38. The van der Waals surface area contributed by atoms with E-state index in [1.807, 2.05) is 38.1 Å². The summed E-state index contributed by atoms with van der Waals surface area (Å²) in [6.45, 7) is 6.98. The van der Waals surface area contributed by atoms with Crippen LogP contribution in [0.1, 0.15) is 27.4 Å². The molecule has 4 rings (SSSR count). The first kappa shape index (κ1) is 19.3. The van der Waals surface area contributed by atoms with E-state index in [1.54, 1.807) is 22.0 Å². The fourth-order valence-corrected chi connectivity index (χ4v) is 3.58. The van der Waals surface area contributed by atoms with Crippen LogP contribution in [0.15, 0.2) is 36.7 Å². The van der Waals surface area contributed by atoms with Crippen molar-refractivity contribution in [3.05, 3.63) is 64.3 Å². The van der Waals surface area contributed by atoms with Crippen LogP contribution in [-0.2, 0) is 6.54 Å². The van der Waals surface area contributed by atoms with Crippen LogP contribution in [0.2, 0.25) is 5.02 Å². The Hall–Kier alpha value is -3.00. The number of hydrogen-bond donors (Lipinski definition) is 0. The number of anilines is 1. The molecule has 29 heavy (non-hydrogen) atoms. The van der Waals surface area contributed by atoms with Gasteiger partial charge in [-0.3, -0.25) is 9.78 Å². The molecule has 1 aliphatic rings. The maximum atomic E-state index is 12.8. The summed E-state index contributed by atoms with van der Waals surface area (Å²) in [6.07, 6.45) is 3.44. The number of nitrogens with zero attached hydrogens (tertiary/aromatic N) is 7. The number of hydrogen-bond acceptors (Lipinski definition) is 6. The van der Waals surface area contributed by atoms with Gasteiger partial charge in [0.25, 0.3) is 5.91 Å². The molecule has 0 aliphatic carbocycles. The summed E-state index contributed by atoms with van der Waals surface area (Å²) in [5.74, 6) is 0.782. The second-order valence-corrected chi connectivity index (χ2v) is 7.50.